The molecule has 4 aliphatic heterocycles. The average molecular weight is 2150 g/mol. The van der Waals surface area contributed by atoms with Gasteiger partial charge in [0.15, 0.2) is 0 Å². The number of carbonyl (C=O) groups is 4. The first kappa shape index (κ1) is 105. The molecule has 140 heavy (non-hydrogen) atoms. The number of nitrogens with zero attached hydrogens (tertiary/aromatic N) is 8. The Morgan fingerprint density at radius 1 is 0.350 bits per heavy atom. The van der Waals surface area contributed by atoms with Crippen LogP contribution >= 0.6 is 151 Å². The summed E-state index contributed by atoms with van der Waals surface area (Å²) in [4.78, 5) is 68.7. The van der Waals surface area contributed by atoms with E-state index in [0.717, 1.165) is 73.8 Å². The van der Waals surface area contributed by atoms with Gasteiger partial charge >= 0.3 is 30.3 Å². The number of methoxy groups -OCH3 is 1. The van der Waals surface area contributed by atoms with Gasteiger partial charge in [0.1, 0.15) is 5.75 Å². The van der Waals surface area contributed by atoms with Gasteiger partial charge in [-0.2, -0.15) is 13.2 Å². The van der Waals surface area contributed by atoms with Crippen molar-refractivity contribution in [2.45, 2.75) is 62.6 Å². The molecule has 0 spiro atoms. The number of amides is 8. The number of halogens is 16. The molecular weight excluding hydrogens is 2060 g/mol. The fourth-order valence-corrected chi connectivity index (χ4v) is 20.0. The fraction of sp³-hybridized carbons (Fsp3) is 0.219. The Balaban J connectivity index is 0.000000149. The number of alkyl halides is 3. The lowest BCUT2D eigenvalue weighted by Gasteiger charge is -2.43. The van der Waals surface area contributed by atoms with Crippen LogP contribution in [-0.2, 0) is 19.4 Å². The van der Waals surface area contributed by atoms with Gasteiger partial charge in [0.2, 0.25) is 0 Å². The number of ether oxygens (including phenoxy) is 1. The Kier molecular flexibility index (Phi) is 36.8. The Morgan fingerprint density at radius 3 is 0.964 bits per heavy atom. The molecule has 728 valence electrons. The molecule has 19 nitrogen and oxygen atoms in total. The number of benzene rings is 13. The summed E-state index contributed by atoms with van der Waals surface area (Å²) in [5, 5.41) is 37.8. The maximum Gasteiger partial charge on any atom is 0.418 e. The monoisotopic (exact) mass is 2150 g/mol. The van der Waals surface area contributed by atoms with Crippen molar-refractivity contribution < 1.29 is 47.3 Å². The third-order valence-electron chi connectivity index (χ3n) is 24.4. The van der Waals surface area contributed by atoms with E-state index in [9.17, 15) is 42.6 Å². The maximum atomic E-state index is 13.7. The molecular formula is C105H94Cl13F3N12O7. The molecule has 13 aromatic rings. The molecule has 17 rings (SSSR count). The third-order valence-corrected chi connectivity index (χ3v) is 27.8. The van der Waals surface area contributed by atoms with E-state index in [0.29, 0.717) is 148 Å². The standard InChI is InChI=1S/C30H26Cl3N3O.C26H26Cl3N3O4.C25H24Cl3N3O.C24H18Cl4F3N3O/c31-24-13-11-21(12-14-24)28-20-35(17-18-36(28)27-16-15-25(32)19-26(27)33)30(37)34-29(22-7-3-1-4-8-22)23-9-5-2-6-10-23;1-36-25-12-20(10-17(14-33)21(25)15-34)30-26(35)31-8-9-32(23-7-6-19(28)11-22(23)29)24(13-31)16-2-4-18(27)5-3-16;1-17(18-5-3-2-4-6-18)29-25(32)30-13-14-31(23-12-11-21(27)15-22(23)28)24(16-30)19-7-9-20(26)10-8-19;25-15-3-1-14(2-4-15)22-13-33(9-10-34(22)21-8-6-17(27)12-19(21)28)23(35)32-20-7-5-16(26)11-18(20)24(29,30)31/h1-16,19,28-29H,17-18,20H2,(H,34,37);2-7,10-12,24,33-34H,8-9,13-15H2,1H3,(H,30,35);2-12,15,17,24H,13-14,16H2,1H3,(H,29,32);1-8,11-12,22H,9-10,13H2,(H,32,35)/t;;17-,24?;/m..1./s1. The highest BCUT2D eigenvalue weighted by Gasteiger charge is 2.40. The lowest BCUT2D eigenvalue weighted by molar-refractivity contribution is -0.136. The number of rotatable bonds is 18. The first-order valence-corrected chi connectivity index (χ1v) is 49.2. The largest absolute Gasteiger partial charge is 0.496 e. The molecule has 13 aromatic carbocycles. The Hall–Kier alpha value is -10.6. The normalized spacial score (nSPS) is 16.2. The first-order chi connectivity index (χ1) is 67.3. The van der Waals surface area contributed by atoms with E-state index in [4.69, 9.17) is 156 Å². The van der Waals surface area contributed by atoms with Crippen molar-refractivity contribution in [3.05, 3.63) is 412 Å². The van der Waals surface area contributed by atoms with Crippen LogP contribution in [-0.4, -0.2) is 140 Å². The quantitative estimate of drug-likeness (QED) is 0.0479. The van der Waals surface area contributed by atoms with Crippen LogP contribution in [0.25, 0.3) is 0 Å². The van der Waals surface area contributed by atoms with Gasteiger partial charge in [0, 0.05) is 141 Å². The van der Waals surface area contributed by atoms with Crippen molar-refractivity contribution in [3.8, 4) is 5.75 Å². The predicted molar refractivity (Wildman–Crippen MR) is 564 cm³/mol. The Labute approximate surface area is 875 Å². The van der Waals surface area contributed by atoms with Gasteiger partial charge in [-0.15, -0.1) is 0 Å². The number of aliphatic hydroxyl groups is 2. The molecule has 4 fully saturated rings. The molecule has 0 bridgehead atoms. The highest BCUT2D eigenvalue weighted by molar-refractivity contribution is 6.39. The molecule has 4 heterocycles. The second-order valence-electron chi connectivity index (χ2n) is 33.2. The molecule has 0 saturated carbocycles. The van der Waals surface area contributed by atoms with Gasteiger partial charge < -0.3 is 75.4 Å². The van der Waals surface area contributed by atoms with E-state index < -0.39 is 17.8 Å². The molecule has 0 radical (unpaired) electrons. The van der Waals surface area contributed by atoms with E-state index in [-0.39, 0.29) is 91.4 Å². The van der Waals surface area contributed by atoms with E-state index >= 15 is 0 Å². The summed E-state index contributed by atoms with van der Waals surface area (Å²) in [5.41, 5.74) is 10.5. The molecule has 4 aliphatic rings. The minimum atomic E-state index is -4.68. The van der Waals surface area contributed by atoms with Crippen molar-refractivity contribution in [2.24, 2.45) is 0 Å². The van der Waals surface area contributed by atoms with Crippen LogP contribution in [0.4, 0.5) is 66.5 Å². The zero-order valence-corrected chi connectivity index (χ0v) is 85.0. The summed E-state index contributed by atoms with van der Waals surface area (Å²) in [6, 6.07) is 86.1. The second kappa shape index (κ2) is 48.9. The van der Waals surface area contributed by atoms with Crippen LogP contribution in [0.5, 0.6) is 5.75 Å². The van der Waals surface area contributed by atoms with Gasteiger partial charge in [-0.1, -0.05) is 290 Å². The van der Waals surface area contributed by atoms with Crippen LogP contribution in [0, 0.1) is 0 Å². The van der Waals surface area contributed by atoms with Crippen molar-refractivity contribution in [1.29, 1.82) is 0 Å². The Morgan fingerprint density at radius 2 is 0.650 bits per heavy atom. The van der Waals surface area contributed by atoms with Gasteiger partial charge in [0.25, 0.3) is 0 Å². The van der Waals surface area contributed by atoms with Crippen LogP contribution in [0.1, 0.15) is 98.8 Å². The number of hydrogen-bond acceptors (Lipinski definition) is 11. The van der Waals surface area contributed by atoms with Gasteiger partial charge in [-0.3, -0.25) is 0 Å². The van der Waals surface area contributed by atoms with Crippen molar-refractivity contribution in [3.63, 3.8) is 0 Å². The van der Waals surface area contributed by atoms with E-state index in [1.54, 1.807) is 71.6 Å². The lowest BCUT2D eigenvalue weighted by Crippen LogP contribution is -2.53. The summed E-state index contributed by atoms with van der Waals surface area (Å²) < 4.78 is 45.8. The van der Waals surface area contributed by atoms with Crippen molar-refractivity contribution >= 4 is 209 Å². The van der Waals surface area contributed by atoms with Crippen LogP contribution < -0.4 is 45.6 Å². The van der Waals surface area contributed by atoms with Gasteiger partial charge in [-0.05, 0) is 197 Å². The van der Waals surface area contributed by atoms with Crippen LogP contribution in [0.15, 0.2) is 291 Å². The number of urea groups is 4. The number of nitrogens with one attached hydrogen (secondary N) is 4. The zero-order chi connectivity index (χ0) is 99.6. The topological polar surface area (TPSA) is 192 Å². The summed E-state index contributed by atoms with van der Waals surface area (Å²) in [5.74, 6) is 0.389. The minimum Gasteiger partial charge on any atom is -0.496 e. The molecule has 4 saturated heterocycles. The zero-order valence-electron chi connectivity index (χ0n) is 75.1. The van der Waals surface area contributed by atoms with Crippen molar-refractivity contribution in [1.82, 2.24) is 30.2 Å². The highest BCUT2D eigenvalue weighted by Crippen LogP contribution is 2.45. The van der Waals surface area contributed by atoms with Crippen molar-refractivity contribution in [2.75, 3.05) is 116 Å². The van der Waals surface area contributed by atoms with Crippen LogP contribution in [0.2, 0.25) is 65.3 Å². The van der Waals surface area contributed by atoms with Gasteiger partial charge in [0.05, 0.1) is 111 Å². The number of carbonyl (C=O) groups excluding carboxylic acids is 4. The summed E-state index contributed by atoms with van der Waals surface area (Å²) in [6.45, 7) is 7.02. The summed E-state index contributed by atoms with van der Waals surface area (Å²) in [6.07, 6.45) is -4.68. The third kappa shape index (κ3) is 27.0. The molecule has 35 heteroatoms. The number of anilines is 6. The number of aliphatic hydroxyl groups excluding tert-OH is 2. The van der Waals surface area contributed by atoms with Gasteiger partial charge in [-0.25, -0.2) is 19.2 Å². The van der Waals surface area contributed by atoms with Crippen LogP contribution in [0.3, 0.4) is 0 Å². The molecule has 0 aromatic heterocycles. The smallest absolute Gasteiger partial charge is 0.418 e. The van der Waals surface area contributed by atoms with E-state index in [1.165, 1.54) is 18.1 Å². The molecule has 8 amide bonds. The lowest BCUT2D eigenvalue weighted by atomic mass is 9.98. The predicted octanol–water partition coefficient (Wildman–Crippen LogP) is 29.1. The Bertz CT molecular complexity index is 6390. The number of piperazine rings is 4. The fourth-order valence-electron chi connectivity index (χ4n) is 17.3. The summed E-state index contributed by atoms with van der Waals surface area (Å²) >= 11 is 80.8. The molecule has 0 aliphatic carbocycles. The average Bonchev–Trinajstić information content (AvgIpc) is 0.796. The molecule has 5 atom stereocenters. The van der Waals surface area contributed by atoms with E-state index in [1.807, 2.05) is 228 Å². The number of hydrogen-bond donors (Lipinski definition) is 6. The maximum absolute atomic E-state index is 13.7. The minimum absolute atomic E-state index is 0.0718. The van der Waals surface area contributed by atoms with E-state index in [2.05, 4.69) is 36.0 Å². The first-order valence-electron chi connectivity index (χ1n) is 44.3. The molecule has 6 N–H and O–H groups in total. The molecule has 4 unspecified atom stereocenters. The SMILES string of the molecule is COc1cc(NC(=O)N2CCN(c3ccc(Cl)cc3Cl)C(c3ccc(Cl)cc3)C2)cc(CO)c1CO.C[C@@H](NC(=O)N1CCN(c2ccc(Cl)cc2Cl)C(c2ccc(Cl)cc2)C1)c1ccccc1.O=C(NC(c1ccccc1)c1ccccc1)N1CCN(c2ccc(Cl)cc2Cl)C(c2ccc(Cl)cc2)C1.O=C(Nc1ccc(Cl)cc1C(F)(F)F)N1CCN(c2ccc(Cl)cc2Cl)C(c2ccc(Cl)cc2)C1. The second-order valence-corrected chi connectivity index (χ2v) is 38.7. The summed E-state index contributed by atoms with van der Waals surface area (Å²) in [7, 11) is 1.47. The highest BCUT2D eigenvalue weighted by atomic mass is 35.5.